The number of ether oxygens (including phenoxy) is 2. The molecular weight excluding hydrogens is 408 g/mol. The second kappa shape index (κ2) is 8.91. The first-order valence-electron chi connectivity index (χ1n) is 10.5. The Hall–Kier alpha value is -3.16. The Bertz CT molecular complexity index is 1100. The van der Waals surface area contributed by atoms with Crippen LogP contribution in [-0.4, -0.2) is 44.5 Å². The van der Waals surface area contributed by atoms with Crippen molar-refractivity contribution in [1.29, 1.82) is 0 Å². The number of hydrazone groups is 1. The molecular formula is C24H24N4O2S. The number of anilines is 1. The molecule has 0 unspecified atom stereocenters. The van der Waals surface area contributed by atoms with Gasteiger partial charge in [0.2, 0.25) is 0 Å². The Morgan fingerprint density at radius 1 is 1.10 bits per heavy atom. The van der Waals surface area contributed by atoms with E-state index in [1.807, 2.05) is 42.6 Å². The minimum Gasteiger partial charge on any atom is -0.494 e. The van der Waals surface area contributed by atoms with Gasteiger partial charge in [-0.2, -0.15) is 5.10 Å². The number of rotatable bonds is 5. The van der Waals surface area contributed by atoms with Crippen molar-refractivity contribution in [3.05, 3.63) is 76.0 Å². The van der Waals surface area contributed by atoms with Crippen molar-refractivity contribution in [2.75, 3.05) is 37.8 Å². The van der Waals surface area contributed by atoms with Crippen LogP contribution in [-0.2, 0) is 4.74 Å². The normalized spacial score (nSPS) is 16.0. The second-order valence-corrected chi connectivity index (χ2v) is 8.22. The van der Waals surface area contributed by atoms with Gasteiger partial charge in [0.1, 0.15) is 11.5 Å². The summed E-state index contributed by atoms with van der Waals surface area (Å²) in [6.07, 6.45) is 0. The fourth-order valence-corrected chi connectivity index (χ4v) is 4.43. The van der Waals surface area contributed by atoms with E-state index >= 15 is 0 Å². The van der Waals surface area contributed by atoms with Gasteiger partial charge in [-0.05, 0) is 48.7 Å². The zero-order valence-electron chi connectivity index (χ0n) is 17.4. The molecule has 1 aromatic heterocycles. The summed E-state index contributed by atoms with van der Waals surface area (Å²) in [5, 5.41) is 6.81. The van der Waals surface area contributed by atoms with Crippen LogP contribution in [0.15, 0.2) is 70.1 Å². The topological polar surface area (TPSA) is 58.5 Å². The third-order valence-electron chi connectivity index (χ3n) is 5.31. The first-order valence-corrected chi connectivity index (χ1v) is 11.4. The molecule has 1 N–H and O–H groups in total. The lowest BCUT2D eigenvalue weighted by Gasteiger charge is -2.29. The molecule has 0 atom stereocenters. The third kappa shape index (κ3) is 4.19. The van der Waals surface area contributed by atoms with Crippen molar-refractivity contribution in [1.82, 2.24) is 5.43 Å². The first kappa shape index (κ1) is 19.8. The van der Waals surface area contributed by atoms with Gasteiger partial charge in [0.05, 0.1) is 30.4 Å². The SMILES string of the molecule is CCOc1ccc2c(c1)C(c1ccc(N3CCOCC3)cc1)=NNC(c1cccs1)=N2. The Balaban J connectivity index is 1.53. The monoisotopic (exact) mass is 432 g/mol. The number of aliphatic imine (C=N–C) groups is 1. The average molecular weight is 433 g/mol. The van der Waals surface area contributed by atoms with E-state index in [1.165, 1.54) is 5.69 Å². The van der Waals surface area contributed by atoms with Crippen LogP contribution < -0.4 is 15.1 Å². The predicted molar refractivity (Wildman–Crippen MR) is 126 cm³/mol. The van der Waals surface area contributed by atoms with Crippen LogP contribution in [0.3, 0.4) is 0 Å². The Morgan fingerprint density at radius 3 is 2.68 bits per heavy atom. The minimum atomic E-state index is 0.613. The molecule has 2 aliphatic heterocycles. The van der Waals surface area contributed by atoms with Crippen molar-refractivity contribution >= 4 is 34.3 Å². The molecule has 7 heteroatoms. The zero-order valence-corrected chi connectivity index (χ0v) is 18.2. The van der Waals surface area contributed by atoms with E-state index in [0.717, 1.165) is 65.3 Å². The second-order valence-electron chi connectivity index (χ2n) is 7.27. The van der Waals surface area contributed by atoms with Gasteiger partial charge in [0.15, 0.2) is 5.84 Å². The maximum absolute atomic E-state index is 5.75. The standard InChI is InChI=1S/C24H24N4O2S/c1-2-30-19-9-10-21-20(16-19)23(26-27-24(25-21)22-4-3-15-31-22)17-5-7-18(8-6-17)28-11-13-29-14-12-28/h3-10,15-16H,2,11-14H2,1H3,(H,25,27). The number of amidine groups is 1. The Morgan fingerprint density at radius 2 is 1.94 bits per heavy atom. The molecule has 0 aliphatic carbocycles. The molecule has 1 saturated heterocycles. The fraction of sp³-hybridized carbons (Fsp3) is 0.250. The summed E-state index contributed by atoms with van der Waals surface area (Å²) < 4.78 is 11.2. The van der Waals surface area contributed by atoms with E-state index in [4.69, 9.17) is 19.6 Å². The van der Waals surface area contributed by atoms with Crippen LogP contribution in [0, 0.1) is 0 Å². The molecule has 2 aliphatic rings. The lowest BCUT2D eigenvalue weighted by molar-refractivity contribution is 0.122. The van der Waals surface area contributed by atoms with Gasteiger partial charge in [0, 0.05) is 29.9 Å². The van der Waals surface area contributed by atoms with Crippen LogP contribution in [0.4, 0.5) is 11.4 Å². The third-order valence-corrected chi connectivity index (χ3v) is 6.19. The molecule has 2 aromatic carbocycles. The van der Waals surface area contributed by atoms with Crippen molar-refractivity contribution in [2.24, 2.45) is 10.1 Å². The average Bonchev–Trinajstić information content (AvgIpc) is 3.29. The molecule has 0 radical (unpaired) electrons. The number of thiophene rings is 1. The highest BCUT2D eigenvalue weighted by molar-refractivity contribution is 7.12. The van der Waals surface area contributed by atoms with Crippen molar-refractivity contribution < 1.29 is 9.47 Å². The van der Waals surface area contributed by atoms with Gasteiger partial charge < -0.3 is 14.4 Å². The fourth-order valence-electron chi connectivity index (χ4n) is 3.77. The molecule has 1 fully saturated rings. The largest absolute Gasteiger partial charge is 0.494 e. The lowest BCUT2D eigenvalue weighted by atomic mass is 10.00. The van der Waals surface area contributed by atoms with E-state index in [1.54, 1.807) is 11.3 Å². The van der Waals surface area contributed by atoms with E-state index in [2.05, 4.69) is 34.6 Å². The zero-order chi connectivity index (χ0) is 21.0. The van der Waals surface area contributed by atoms with Crippen LogP contribution in [0.1, 0.15) is 22.9 Å². The highest BCUT2D eigenvalue weighted by atomic mass is 32.1. The van der Waals surface area contributed by atoms with Gasteiger partial charge in [-0.1, -0.05) is 18.2 Å². The van der Waals surface area contributed by atoms with Crippen LogP contribution in [0.25, 0.3) is 0 Å². The van der Waals surface area contributed by atoms with Gasteiger partial charge in [0.25, 0.3) is 0 Å². The highest BCUT2D eigenvalue weighted by Gasteiger charge is 2.19. The molecule has 31 heavy (non-hydrogen) atoms. The molecule has 0 spiro atoms. The summed E-state index contributed by atoms with van der Waals surface area (Å²) in [6.45, 7) is 5.98. The maximum atomic E-state index is 5.75. The number of hydrogen-bond acceptors (Lipinski definition) is 7. The van der Waals surface area contributed by atoms with E-state index in [9.17, 15) is 0 Å². The molecule has 3 heterocycles. The van der Waals surface area contributed by atoms with Crippen LogP contribution >= 0.6 is 11.3 Å². The van der Waals surface area contributed by atoms with Crippen molar-refractivity contribution in [3.63, 3.8) is 0 Å². The summed E-state index contributed by atoms with van der Waals surface area (Å²) in [4.78, 5) is 8.27. The van der Waals surface area contributed by atoms with E-state index in [-0.39, 0.29) is 0 Å². The summed E-state index contributed by atoms with van der Waals surface area (Å²) >= 11 is 1.64. The smallest absolute Gasteiger partial charge is 0.164 e. The summed E-state index contributed by atoms with van der Waals surface area (Å²) in [6, 6.07) is 18.6. The van der Waals surface area contributed by atoms with Gasteiger partial charge in [-0.15, -0.1) is 11.3 Å². The minimum absolute atomic E-state index is 0.613. The first-order chi connectivity index (χ1) is 15.3. The molecule has 0 saturated carbocycles. The summed E-state index contributed by atoms with van der Waals surface area (Å²) in [5.74, 6) is 1.56. The number of nitrogens with zero attached hydrogens (tertiary/aromatic N) is 3. The van der Waals surface area contributed by atoms with Crippen LogP contribution in [0.2, 0.25) is 0 Å². The molecule has 6 nitrogen and oxygen atoms in total. The highest BCUT2D eigenvalue weighted by Crippen LogP contribution is 2.30. The van der Waals surface area contributed by atoms with Crippen LogP contribution in [0.5, 0.6) is 5.75 Å². The van der Waals surface area contributed by atoms with Gasteiger partial charge in [-0.3, -0.25) is 5.43 Å². The van der Waals surface area contributed by atoms with Gasteiger partial charge >= 0.3 is 0 Å². The maximum Gasteiger partial charge on any atom is 0.164 e. The number of benzene rings is 2. The van der Waals surface area contributed by atoms with Crippen molar-refractivity contribution in [2.45, 2.75) is 6.92 Å². The van der Waals surface area contributed by atoms with Gasteiger partial charge in [-0.25, -0.2) is 4.99 Å². The van der Waals surface area contributed by atoms with Crippen molar-refractivity contribution in [3.8, 4) is 5.75 Å². The number of morpholine rings is 1. The Kier molecular flexibility index (Phi) is 5.69. The Labute approximate surface area is 185 Å². The quantitative estimate of drug-likeness (QED) is 0.649. The molecule has 0 bridgehead atoms. The number of fused-ring (bicyclic) bond motifs is 1. The number of nitrogens with one attached hydrogen (secondary N) is 1. The molecule has 5 rings (SSSR count). The number of hydrogen-bond donors (Lipinski definition) is 1. The van der Waals surface area contributed by atoms with E-state index in [0.29, 0.717) is 6.61 Å². The summed E-state index contributed by atoms with van der Waals surface area (Å²) in [5.41, 5.74) is 8.09. The molecule has 158 valence electrons. The molecule has 0 amide bonds. The molecule has 3 aromatic rings. The lowest BCUT2D eigenvalue weighted by Crippen LogP contribution is -2.36. The predicted octanol–water partition coefficient (Wildman–Crippen LogP) is 4.42. The van der Waals surface area contributed by atoms with E-state index < -0.39 is 0 Å². The summed E-state index contributed by atoms with van der Waals surface area (Å²) in [7, 11) is 0.